The molecule has 0 saturated heterocycles. The van der Waals surface area contributed by atoms with E-state index in [1.54, 1.807) is 0 Å². The first-order valence-corrected chi connectivity index (χ1v) is 5.37. The zero-order chi connectivity index (χ0) is 11.0. The minimum absolute atomic E-state index is 1.31. The van der Waals surface area contributed by atoms with Gasteiger partial charge in [-0.15, -0.1) is 0 Å². The summed E-state index contributed by atoms with van der Waals surface area (Å²) in [5.41, 5.74) is 0. The van der Waals surface area contributed by atoms with Crippen LogP contribution in [0.3, 0.4) is 0 Å². The molecule has 78 valence electrons. The highest BCUT2D eigenvalue weighted by Gasteiger charge is 1.91. The van der Waals surface area contributed by atoms with E-state index in [9.17, 15) is 0 Å². The topological polar surface area (TPSA) is 4.93 Å². The van der Waals surface area contributed by atoms with Gasteiger partial charge >= 0.3 is 0 Å². The summed E-state index contributed by atoms with van der Waals surface area (Å²) in [5, 5.41) is 2.62. The minimum Gasteiger partial charge on any atom is -0.356 e. The third-order valence-electron chi connectivity index (χ3n) is 1.68. The molecule has 0 N–H and O–H groups in total. The van der Waals surface area contributed by atoms with E-state index in [2.05, 4.69) is 41.2 Å². The molecule has 0 aliphatic carbocycles. The number of hydrogen-bond acceptors (Lipinski definition) is 0. The average molecular weight is 191 g/mol. The molecule has 1 aromatic carbocycles. The molecular weight excluding hydrogens is 170 g/mol. The molecule has 0 fully saturated rings. The van der Waals surface area contributed by atoms with Crippen molar-refractivity contribution < 1.29 is 0 Å². The monoisotopic (exact) mass is 191 g/mol. The van der Waals surface area contributed by atoms with Crippen LogP contribution in [-0.2, 0) is 7.05 Å². The zero-order valence-electron chi connectivity index (χ0n) is 9.91. The van der Waals surface area contributed by atoms with Crippen molar-refractivity contribution in [3.8, 4) is 0 Å². The minimum atomic E-state index is 1.31. The Morgan fingerprint density at radius 2 is 1.14 bits per heavy atom. The predicted octanol–water partition coefficient (Wildman–Crippen LogP) is 4.23. The summed E-state index contributed by atoms with van der Waals surface area (Å²) >= 11 is 0. The fourth-order valence-corrected chi connectivity index (χ4v) is 1.22. The largest absolute Gasteiger partial charge is 0.356 e. The summed E-state index contributed by atoms with van der Waals surface area (Å²) in [6, 6.07) is 8.36. The standard InChI is InChI=1S/C9H9N.2C2H6/c1-10-6-8-4-2-3-5-9(8)7-10;2*1-2/h2-7H,1H3;2*1-2H3. The van der Waals surface area contributed by atoms with Gasteiger partial charge in [0.1, 0.15) is 0 Å². The summed E-state index contributed by atoms with van der Waals surface area (Å²) in [6.07, 6.45) is 4.24. The van der Waals surface area contributed by atoms with Crippen molar-refractivity contribution in [1.82, 2.24) is 4.57 Å². The normalized spacial score (nSPS) is 8.36. The Morgan fingerprint density at radius 3 is 1.50 bits per heavy atom. The Kier molecular flexibility index (Phi) is 6.55. The first kappa shape index (κ1) is 12.8. The molecule has 1 aromatic heterocycles. The molecule has 0 atom stereocenters. The van der Waals surface area contributed by atoms with Crippen LogP contribution in [0.4, 0.5) is 0 Å². The lowest BCUT2D eigenvalue weighted by atomic mass is 10.2. The fraction of sp³-hybridized carbons (Fsp3) is 0.385. The van der Waals surface area contributed by atoms with Gasteiger partial charge in [0.05, 0.1) is 0 Å². The molecule has 2 aromatic rings. The number of hydrogen-bond donors (Lipinski definition) is 0. The molecule has 0 unspecified atom stereocenters. The lowest BCUT2D eigenvalue weighted by molar-refractivity contribution is 0.933. The van der Waals surface area contributed by atoms with E-state index in [-0.39, 0.29) is 0 Å². The van der Waals surface area contributed by atoms with Crippen LogP contribution >= 0.6 is 0 Å². The number of nitrogens with zero attached hydrogens (tertiary/aromatic N) is 1. The lowest BCUT2D eigenvalue weighted by Gasteiger charge is -1.81. The van der Waals surface area contributed by atoms with Crippen LogP contribution < -0.4 is 0 Å². The van der Waals surface area contributed by atoms with Gasteiger partial charge in [-0.2, -0.15) is 0 Å². The van der Waals surface area contributed by atoms with E-state index in [0.29, 0.717) is 0 Å². The van der Waals surface area contributed by atoms with Crippen molar-refractivity contribution in [2.75, 3.05) is 0 Å². The van der Waals surface area contributed by atoms with Crippen LogP contribution in [0.2, 0.25) is 0 Å². The Morgan fingerprint density at radius 1 is 0.786 bits per heavy atom. The Bertz CT molecular complexity index is 314. The van der Waals surface area contributed by atoms with E-state index in [4.69, 9.17) is 0 Å². The van der Waals surface area contributed by atoms with Gasteiger partial charge in [-0.3, -0.25) is 0 Å². The van der Waals surface area contributed by atoms with Crippen LogP contribution in [0.1, 0.15) is 27.7 Å². The highest BCUT2D eigenvalue weighted by Crippen LogP contribution is 2.12. The Balaban J connectivity index is 0.000000379. The molecule has 0 aliphatic heterocycles. The van der Waals surface area contributed by atoms with Gasteiger partial charge in [0.15, 0.2) is 0 Å². The van der Waals surface area contributed by atoms with E-state index < -0.39 is 0 Å². The number of rotatable bonds is 0. The Labute approximate surface area is 87.4 Å². The SMILES string of the molecule is CC.CC.Cn1cc2ccccc2c1. The van der Waals surface area contributed by atoms with Crippen LogP contribution in [-0.4, -0.2) is 4.57 Å². The maximum atomic E-state index is 2.12. The molecule has 0 bridgehead atoms. The number of fused-ring (bicyclic) bond motifs is 1. The van der Waals surface area contributed by atoms with E-state index in [0.717, 1.165) is 0 Å². The van der Waals surface area contributed by atoms with Gasteiger partial charge < -0.3 is 4.57 Å². The molecule has 0 saturated carbocycles. The number of benzene rings is 1. The molecule has 1 heterocycles. The molecule has 14 heavy (non-hydrogen) atoms. The van der Waals surface area contributed by atoms with Crippen molar-refractivity contribution in [1.29, 1.82) is 0 Å². The van der Waals surface area contributed by atoms with Crippen LogP contribution in [0.15, 0.2) is 36.7 Å². The first-order valence-electron chi connectivity index (χ1n) is 5.37. The van der Waals surface area contributed by atoms with Crippen molar-refractivity contribution in [2.45, 2.75) is 27.7 Å². The highest BCUT2D eigenvalue weighted by molar-refractivity contribution is 5.81. The van der Waals surface area contributed by atoms with Gasteiger partial charge in [-0.05, 0) is 10.8 Å². The molecule has 0 spiro atoms. The second-order valence-electron chi connectivity index (χ2n) is 2.55. The van der Waals surface area contributed by atoms with Crippen LogP contribution in [0.5, 0.6) is 0 Å². The first-order chi connectivity index (χ1) is 6.86. The summed E-state index contributed by atoms with van der Waals surface area (Å²) in [6.45, 7) is 8.00. The summed E-state index contributed by atoms with van der Waals surface area (Å²) in [4.78, 5) is 0. The van der Waals surface area contributed by atoms with Crippen molar-refractivity contribution in [3.05, 3.63) is 36.7 Å². The van der Waals surface area contributed by atoms with Crippen LogP contribution in [0, 0.1) is 0 Å². The third-order valence-corrected chi connectivity index (χ3v) is 1.68. The van der Waals surface area contributed by atoms with Crippen molar-refractivity contribution in [3.63, 3.8) is 0 Å². The van der Waals surface area contributed by atoms with Gasteiger partial charge in [0, 0.05) is 19.4 Å². The number of aromatic nitrogens is 1. The van der Waals surface area contributed by atoms with Crippen molar-refractivity contribution >= 4 is 10.8 Å². The van der Waals surface area contributed by atoms with Crippen LogP contribution in [0.25, 0.3) is 10.8 Å². The third kappa shape index (κ3) is 3.25. The number of aryl methyl sites for hydroxylation is 1. The van der Waals surface area contributed by atoms with Gasteiger partial charge in [-0.25, -0.2) is 0 Å². The fourth-order valence-electron chi connectivity index (χ4n) is 1.22. The molecule has 0 aliphatic rings. The Hall–Kier alpha value is -1.24. The quantitative estimate of drug-likeness (QED) is 0.587. The summed E-state index contributed by atoms with van der Waals surface area (Å²) in [7, 11) is 2.04. The van der Waals surface area contributed by atoms with Gasteiger partial charge in [0.2, 0.25) is 0 Å². The zero-order valence-corrected chi connectivity index (χ0v) is 9.91. The average Bonchev–Trinajstić information content (AvgIpc) is 2.64. The molecule has 1 nitrogen and oxygen atoms in total. The molecule has 1 heteroatoms. The predicted molar refractivity (Wildman–Crippen MR) is 65.6 cm³/mol. The maximum absolute atomic E-state index is 2.12. The highest BCUT2D eigenvalue weighted by atomic mass is 14.9. The summed E-state index contributed by atoms with van der Waals surface area (Å²) < 4.78 is 2.07. The maximum Gasteiger partial charge on any atom is 0.0111 e. The van der Waals surface area contributed by atoms with Gasteiger partial charge in [-0.1, -0.05) is 52.0 Å². The second kappa shape index (κ2) is 7.19. The van der Waals surface area contributed by atoms with Gasteiger partial charge in [0.25, 0.3) is 0 Å². The van der Waals surface area contributed by atoms with Crippen molar-refractivity contribution in [2.24, 2.45) is 7.05 Å². The second-order valence-corrected chi connectivity index (χ2v) is 2.55. The molecule has 0 radical (unpaired) electrons. The lowest BCUT2D eigenvalue weighted by Crippen LogP contribution is -1.75. The molecular formula is C13H21N. The van der Waals surface area contributed by atoms with E-state index in [1.165, 1.54) is 10.8 Å². The van der Waals surface area contributed by atoms with E-state index >= 15 is 0 Å². The molecule has 2 rings (SSSR count). The molecule has 0 amide bonds. The summed E-state index contributed by atoms with van der Waals surface area (Å²) in [5.74, 6) is 0. The van der Waals surface area contributed by atoms with E-state index in [1.807, 2.05) is 34.7 Å². The smallest absolute Gasteiger partial charge is 0.0111 e.